The fraction of sp³-hybridized carbons (Fsp3) is 0.529. The van der Waals surface area contributed by atoms with Gasteiger partial charge in [0.1, 0.15) is 5.69 Å². The van der Waals surface area contributed by atoms with Crippen molar-refractivity contribution in [2.75, 3.05) is 56.5 Å². The molecule has 5 heterocycles. The highest BCUT2D eigenvalue weighted by Gasteiger charge is 2.30. The summed E-state index contributed by atoms with van der Waals surface area (Å²) in [5.74, 6) is -0.877. The number of piperazine rings is 1. The van der Waals surface area contributed by atoms with Crippen molar-refractivity contribution in [3.63, 3.8) is 0 Å². The molecule has 0 unspecified atom stereocenters. The van der Waals surface area contributed by atoms with Crippen molar-refractivity contribution >= 4 is 28.6 Å². The number of aromatic nitrogens is 5. The summed E-state index contributed by atoms with van der Waals surface area (Å²) in [6.45, 7) is 8.29. The highest BCUT2D eigenvalue weighted by molar-refractivity contribution is 6.05. The summed E-state index contributed by atoms with van der Waals surface area (Å²) in [6, 6.07) is 8.49. The molecule has 4 aromatic rings. The normalized spacial score (nSPS) is 22.1. The van der Waals surface area contributed by atoms with Gasteiger partial charge in [0.05, 0.1) is 28.9 Å². The van der Waals surface area contributed by atoms with Gasteiger partial charge in [-0.3, -0.25) is 19.7 Å². The second-order valence-corrected chi connectivity index (χ2v) is 13.3. The number of benzene rings is 1. The minimum atomic E-state index is -0.693. The Bertz CT molecular complexity index is 1710. The van der Waals surface area contributed by atoms with E-state index in [4.69, 9.17) is 4.98 Å². The average molecular weight is 630 g/mol. The number of aryl methyl sites for hydroxylation is 2. The first-order chi connectivity index (χ1) is 22.2. The van der Waals surface area contributed by atoms with Crippen molar-refractivity contribution in [3.05, 3.63) is 53.7 Å². The zero-order chi connectivity index (χ0) is 31.9. The number of rotatable bonds is 6. The Morgan fingerprint density at radius 1 is 0.935 bits per heavy atom. The molecule has 0 radical (unpaired) electrons. The summed E-state index contributed by atoms with van der Waals surface area (Å²) in [5, 5.41) is 17.4. The lowest BCUT2D eigenvalue weighted by atomic mass is 9.93. The van der Waals surface area contributed by atoms with Crippen LogP contribution in [-0.4, -0.2) is 104 Å². The van der Waals surface area contributed by atoms with E-state index in [9.17, 15) is 9.90 Å². The van der Waals surface area contributed by atoms with E-state index in [-0.39, 0.29) is 23.4 Å². The van der Waals surface area contributed by atoms with Gasteiger partial charge in [-0.05, 0) is 76.8 Å². The molecule has 3 aromatic heterocycles. The predicted octanol–water partition coefficient (Wildman–Crippen LogP) is 4.22. The summed E-state index contributed by atoms with van der Waals surface area (Å²) < 4.78 is 19.5. The lowest BCUT2D eigenvalue weighted by Crippen LogP contribution is -2.52. The van der Waals surface area contributed by atoms with Gasteiger partial charge in [0.2, 0.25) is 5.95 Å². The molecule has 0 spiro atoms. The van der Waals surface area contributed by atoms with Crippen LogP contribution in [0.4, 0.5) is 16.0 Å². The van der Waals surface area contributed by atoms with E-state index in [2.05, 4.69) is 53.8 Å². The number of nitrogens with one attached hydrogen (secondary N) is 1. The van der Waals surface area contributed by atoms with E-state index in [1.54, 1.807) is 24.9 Å². The van der Waals surface area contributed by atoms with Gasteiger partial charge < -0.3 is 19.5 Å². The van der Waals surface area contributed by atoms with Crippen molar-refractivity contribution < 1.29 is 14.3 Å². The molecule has 7 rings (SSSR count). The van der Waals surface area contributed by atoms with Gasteiger partial charge in [0, 0.05) is 81.5 Å². The molecule has 2 saturated heterocycles. The van der Waals surface area contributed by atoms with Gasteiger partial charge >= 0.3 is 0 Å². The Kier molecular flexibility index (Phi) is 8.51. The molecule has 1 aromatic carbocycles. The molecular weight excluding hydrogens is 585 g/mol. The quantitative estimate of drug-likeness (QED) is 0.327. The fourth-order valence-electron chi connectivity index (χ4n) is 7.45. The standard InChI is InChI=1S/C34H44FN9O2/c1-22-18-28(31(35)32(37-22)23-20-36-41(3)21-23)33(46)39-34-38-29-9-6-26(19-30(29)44(34)25-4-7-27(45)8-5-25)42-12-10-24(11-13-42)43-16-14-40(2)15-17-43/h6,9,18-21,24-25,27,45H,4-5,7-8,10-17H2,1-3H3,(H,38,39,46). The zero-order valence-electron chi connectivity index (χ0n) is 27.0. The molecule has 1 amide bonds. The number of anilines is 2. The van der Waals surface area contributed by atoms with Crippen molar-refractivity contribution in [2.24, 2.45) is 7.05 Å². The number of amides is 1. The maximum Gasteiger partial charge on any atom is 0.261 e. The molecule has 2 N–H and O–H groups in total. The molecule has 46 heavy (non-hydrogen) atoms. The maximum atomic E-state index is 15.8. The van der Waals surface area contributed by atoms with Crippen LogP contribution in [0.5, 0.6) is 0 Å². The maximum absolute atomic E-state index is 15.8. The third kappa shape index (κ3) is 6.13. The van der Waals surface area contributed by atoms with Gasteiger partial charge in [0.15, 0.2) is 5.82 Å². The first kappa shape index (κ1) is 30.8. The van der Waals surface area contributed by atoms with Crippen molar-refractivity contribution in [2.45, 2.75) is 63.6 Å². The van der Waals surface area contributed by atoms with Crippen LogP contribution in [0.25, 0.3) is 22.3 Å². The molecule has 1 saturated carbocycles. The Morgan fingerprint density at radius 3 is 2.37 bits per heavy atom. The molecule has 0 atom stereocenters. The first-order valence-electron chi connectivity index (χ1n) is 16.6. The van der Waals surface area contributed by atoms with Gasteiger partial charge in [-0.2, -0.15) is 5.10 Å². The van der Waals surface area contributed by atoms with E-state index in [1.807, 2.05) is 6.07 Å². The molecule has 12 heteroatoms. The number of likely N-dealkylation sites (N-methyl/N-ethyl adjacent to an activating group) is 1. The number of nitrogens with zero attached hydrogens (tertiary/aromatic N) is 8. The van der Waals surface area contributed by atoms with Gasteiger partial charge in [0.25, 0.3) is 5.91 Å². The molecule has 1 aliphatic carbocycles. The van der Waals surface area contributed by atoms with Gasteiger partial charge in [-0.15, -0.1) is 0 Å². The van der Waals surface area contributed by atoms with Crippen LogP contribution in [0.15, 0.2) is 36.7 Å². The fourth-order valence-corrected chi connectivity index (χ4v) is 7.45. The smallest absolute Gasteiger partial charge is 0.261 e. The largest absolute Gasteiger partial charge is 0.393 e. The number of hydrogen-bond acceptors (Lipinski definition) is 8. The van der Waals surface area contributed by atoms with Crippen LogP contribution in [0.3, 0.4) is 0 Å². The van der Waals surface area contributed by atoms with Crippen molar-refractivity contribution in [1.29, 1.82) is 0 Å². The second-order valence-electron chi connectivity index (χ2n) is 13.3. The number of halogens is 1. The van der Waals surface area contributed by atoms with Gasteiger partial charge in [-0.25, -0.2) is 14.4 Å². The Hall–Kier alpha value is -3.87. The number of carbonyl (C=O) groups excluding carboxylic acids is 1. The van der Waals surface area contributed by atoms with E-state index >= 15 is 4.39 Å². The number of aliphatic hydroxyl groups excluding tert-OH is 1. The molecule has 3 fully saturated rings. The molecular formula is C34H44FN9O2. The van der Waals surface area contributed by atoms with Gasteiger partial charge in [-0.1, -0.05) is 0 Å². The minimum Gasteiger partial charge on any atom is -0.393 e. The number of carbonyl (C=O) groups is 1. The topological polar surface area (TPSA) is 108 Å². The van der Waals surface area contributed by atoms with Crippen LogP contribution in [0, 0.1) is 12.7 Å². The van der Waals surface area contributed by atoms with E-state index in [1.165, 1.54) is 12.3 Å². The Labute approximate surface area is 269 Å². The van der Waals surface area contributed by atoms with Crippen LogP contribution in [0.2, 0.25) is 0 Å². The van der Waals surface area contributed by atoms with E-state index < -0.39 is 11.7 Å². The zero-order valence-corrected chi connectivity index (χ0v) is 27.0. The second kappa shape index (κ2) is 12.7. The lowest BCUT2D eigenvalue weighted by molar-refractivity contribution is 0.0982. The number of piperidine rings is 1. The molecule has 0 bridgehead atoms. The predicted molar refractivity (Wildman–Crippen MR) is 177 cm³/mol. The Morgan fingerprint density at radius 2 is 1.67 bits per heavy atom. The molecule has 3 aliphatic rings. The lowest BCUT2D eigenvalue weighted by Gasteiger charge is -2.42. The summed E-state index contributed by atoms with van der Waals surface area (Å²) in [6.07, 6.45) is 8.08. The van der Waals surface area contributed by atoms with Crippen LogP contribution in [-0.2, 0) is 7.05 Å². The number of hydrogen-bond donors (Lipinski definition) is 2. The molecule has 2 aliphatic heterocycles. The van der Waals surface area contributed by atoms with Crippen LogP contribution < -0.4 is 10.2 Å². The van der Waals surface area contributed by atoms with E-state index in [0.717, 1.165) is 81.7 Å². The highest BCUT2D eigenvalue weighted by atomic mass is 19.1. The number of aliphatic hydroxyl groups is 1. The summed E-state index contributed by atoms with van der Waals surface area (Å²) in [7, 11) is 3.95. The van der Waals surface area contributed by atoms with E-state index in [0.29, 0.717) is 36.1 Å². The average Bonchev–Trinajstić information content (AvgIpc) is 3.65. The monoisotopic (exact) mass is 629 g/mol. The SMILES string of the molecule is Cc1cc(C(=O)Nc2nc3ccc(N4CCC(N5CCN(C)CC5)CC4)cc3n2C2CCC(O)CC2)c(F)c(-c2cnn(C)c2)n1. The molecule has 11 nitrogen and oxygen atoms in total. The first-order valence-corrected chi connectivity index (χ1v) is 16.6. The number of pyridine rings is 1. The third-order valence-corrected chi connectivity index (χ3v) is 10.1. The highest BCUT2D eigenvalue weighted by Crippen LogP contribution is 2.37. The van der Waals surface area contributed by atoms with Crippen LogP contribution in [0.1, 0.15) is 60.6 Å². The number of fused-ring (bicyclic) bond motifs is 1. The summed E-state index contributed by atoms with van der Waals surface area (Å²) in [4.78, 5) is 30.5. The van der Waals surface area contributed by atoms with Crippen molar-refractivity contribution in [1.82, 2.24) is 34.1 Å². The molecule has 244 valence electrons. The van der Waals surface area contributed by atoms with Crippen LogP contribution >= 0.6 is 0 Å². The minimum absolute atomic E-state index is 0.0527. The third-order valence-electron chi connectivity index (χ3n) is 10.1. The summed E-state index contributed by atoms with van der Waals surface area (Å²) in [5.41, 5.74) is 3.91. The summed E-state index contributed by atoms with van der Waals surface area (Å²) >= 11 is 0. The van der Waals surface area contributed by atoms with Crippen molar-refractivity contribution in [3.8, 4) is 11.3 Å². The Balaban J connectivity index is 1.17. The number of imidazole rings is 1.